The molecule has 1 aromatic rings. The standard InChI is InChI=1S/C12H16ClN3O3S/c1-7-5-9(13)10(14)6-11(7)20(18,19)16-4-3-15-12(17)8(16)2/h5-6,8H,3-4,14H2,1-2H3,(H,15,17). The number of carbonyl (C=O) groups excluding carboxylic acids is 1. The Morgan fingerprint density at radius 2 is 2.10 bits per heavy atom. The van der Waals surface area contributed by atoms with Crippen LogP contribution < -0.4 is 11.1 Å². The summed E-state index contributed by atoms with van der Waals surface area (Å²) in [6.07, 6.45) is 0. The molecule has 1 aliphatic heterocycles. The number of piperazine rings is 1. The number of rotatable bonds is 2. The van der Waals surface area contributed by atoms with Crippen LogP contribution in [0.4, 0.5) is 5.69 Å². The summed E-state index contributed by atoms with van der Waals surface area (Å²) in [7, 11) is -3.78. The molecule has 0 saturated carbocycles. The van der Waals surface area contributed by atoms with Gasteiger partial charge in [-0.2, -0.15) is 4.31 Å². The molecule has 20 heavy (non-hydrogen) atoms. The number of anilines is 1. The Hall–Kier alpha value is -1.31. The van der Waals surface area contributed by atoms with Crippen molar-refractivity contribution in [2.24, 2.45) is 0 Å². The van der Waals surface area contributed by atoms with E-state index in [0.29, 0.717) is 17.1 Å². The zero-order valence-electron chi connectivity index (χ0n) is 11.2. The summed E-state index contributed by atoms with van der Waals surface area (Å²) in [6, 6.07) is 2.11. The zero-order chi connectivity index (χ0) is 15.1. The number of carbonyl (C=O) groups is 1. The molecule has 1 atom stereocenters. The normalized spacial score (nSPS) is 20.8. The van der Waals surface area contributed by atoms with Crippen molar-refractivity contribution in [3.63, 3.8) is 0 Å². The van der Waals surface area contributed by atoms with Crippen LogP contribution in [0.5, 0.6) is 0 Å². The summed E-state index contributed by atoms with van der Waals surface area (Å²) < 4.78 is 26.5. The fraction of sp³-hybridized carbons (Fsp3) is 0.417. The van der Waals surface area contributed by atoms with E-state index in [2.05, 4.69) is 5.32 Å². The SMILES string of the molecule is Cc1cc(Cl)c(N)cc1S(=O)(=O)N1CCNC(=O)C1C. The molecule has 1 aromatic carbocycles. The van der Waals surface area contributed by atoms with Gasteiger partial charge >= 0.3 is 0 Å². The minimum absolute atomic E-state index is 0.0842. The molecule has 0 bridgehead atoms. The Labute approximate surface area is 122 Å². The van der Waals surface area contributed by atoms with E-state index in [4.69, 9.17) is 17.3 Å². The van der Waals surface area contributed by atoms with Gasteiger partial charge < -0.3 is 11.1 Å². The lowest BCUT2D eigenvalue weighted by molar-refractivity contribution is -0.126. The zero-order valence-corrected chi connectivity index (χ0v) is 12.8. The van der Waals surface area contributed by atoms with E-state index in [0.717, 1.165) is 0 Å². The average Bonchev–Trinajstić information content (AvgIpc) is 2.36. The van der Waals surface area contributed by atoms with Gasteiger partial charge in [0.2, 0.25) is 15.9 Å². The van der Waals surface area contributed by atoms with Crippen molar-refractivity contribution in [1.82, 2.24) is 9.62 Å². The van der Waals surface area contributed by atoms with Crippen LogP contribution in [0.25, 0.3) is 0 Å². The number of hydrogen-bond donors (Lipinski definition) is 2. The van der Waals surface area contributed by atoms with Crippen molar-refractivity contribution in [2.75, 3.05) is 18.8 Å². The van der Waals surface area contributed by atoms with Crippen molar-refractivity contribution < 1.29 is 13.2 Å². The Kier molecular flexibility index (Phi) is 3.95. The number of aryl methyl sites for hydroxylation is 1. The summed E-state index contributed by atoms with van der Waals surface area (Å²) in [5.41, 5.74) is 6.38. The third-order valence-corrected chi connectivity index (χ3v) is 5.76. The summed E-state index contributed by atoms with van der Waals surface area (Å²) >= 11 is 5.88. The Bertz CT molecular complexity index is 660. The number of hydrogen-bond acceptors (Lipinski definition) is 4. The van der Waals surface area contributed by atoms with Gasteiger partial charge in [0.15, 0.2) is 0 Å². The molecule has 1 amide bonds. The molecule has 1 heterocycles. The Morgan fingerprint density at radius 1 is 1.45 bits per heavy atom. The molecule has 1 unspecified atom stereocenters. The number of nitrogens with zero attached hydrogens (tertiary/aromatic N) is 1. The molecule has 0 radical (unpaired) electrons. The first-order valence-electron chi connectivity index (χ1n) is 6.10. The van der Waals surface area contributed by atoms with Gasteiger partial charge in [0.1, 0.15) is 6.04 Å². The van der Waals surface area contributed by atoms with E-state index in [1.807, 2.05) is 0 Å². The lowest BCUT2D eigenvalue weighted by atomic mass is 10.2. The van der Waals surface area contributed by atoms with Gasteiger partial charge in [-0.05, 0) is 31.5 Å². The van der Waals surface area contributed by atoms with Crippen LogP contribution in [0.3, 0.4) is 0 Å². The predicted molar refractivity (Wildman–Crippen MR) is 77.0 cm³/mol. The summed E-state index contributed by atoms with van der Waals surface area (Å²) in [4.78, 5) is 11.7. The topological polar surface area (TPSA) is 92.5 Å². The molecule has 2 rings (SSSR count). The van der Waals surface area contributed by atoms with Crippen LogP contribution in [0, 0.1) is 6.92 Å². The molecule has 1 fully saturated rings. The fourth-order valence-electron chi connectivity index (χ4n) is 2.16. The van der Waals surface area contributed by atoms with E-state index < -0.39 is 16.1 Å². The van der Waals surface area contributed by atoms with E-state index >= 15 is 0 Å². The van der Waals surface area contributed by atoms with E-state index in [1.165, 1.54) is 16.4 Å². The minimum Gasteiger partial charge on any atom is -0.397 e. The molecule has 1 saturated heterocycles. The number of sulfonamides is 1. The minimum atomic E-state index is -3.78. The number of nitrogens with one attached hydrogen (secondary N) is 1. The second kappa shape index (κ2) is 5.23. The number of nitrogen functional groups attached to an aromatic ring is 1. The molecule has 6 nitrogen and oxygen atoms in total. The fourth-order valence-corrected chi connectivity index (χ4v) is 4.22. The maximum Gasteiger partial charge on any atom is 0.244 e. The lowest BCUT2D eigenvalue weighted by Crippen LogP contribution is -2.55. The molecular formula is C12H16ClN3O3S. The second-order valence-electron chi connectivity index (χ2n) is 4.72. The first-order valence-corrected chi connectivity index (χ1v) is 7.92. The largest absolute Gasteiger partial charge is 0.397 e. The summed E-state index contributed by atoms with van der Waals surface area (Å²) in [6.45, 7) is 3.73. The number of amides is 1. The average molecular weight is 318 g/mol. The smallest absolute Gasteiger partial charge is 0.244 e. The molecule has 8 heteroatoms. The van der Waals surface area contributed by atoms with E-state index in [9.17, 15) is 13.2 Å². The summed E-state index contributed by atoms with van der Waals surface area (Å²) in [5.74, 6) is -0.306. The van der Waals surface area contributed by atoms with Crippen molar-refractivity contribution >= 4 is 33.2 Å². The molecule has 110 valence electrons. The monoisotopic (exact) mass is 317 g/mol. The lowest BCUT2D eigenvalue weighted by Gasteiger charge is -2.32. The van der Waals surface area contributed by atoms with Gasteiger partial charge in [-0.1, -0.05) is 11.6 Å². The third kappa shape index (κ3) is 2.48. The van der Waals surface area contributed by atoms with Gasteiger partial charge in [0.25, 0.3) is 0 Å². The maximum absolute atomic E-state index is 12.7. The highest BCUT2D eigenvalue weighted by Gasteiger charge is 2.36. The van der Waals surface area contributed by atoms with Crippen LogP contribution >= 0.6 is 11.6 Å². The maximum atomic E-state index is 12.7. The Balaban J connectivity index is 2.50. The van der Waals surface area contributed by atoms with Crippen molar-refractivity contribution in [3.05, 3.63) is 22.7 Å². The Morgan fingerprint density at radius 3 is 2.75 bits per heavy atom. The highest BCUT2D eigenvalue weighted by atomic mass is 35.5. The van der Waals surface area contributed by atoms with Gasteiger partial charge in [-0.3, -0.25) is 4.79 Å². The van der Waals surface area contributed by atoms with Gasteiger partial charge in [0, 0.05) is 13.1 Å². The van der Waals surface area contributed by atoms with Crippen molar-refractivity contribution in [2.45, 2.75) is 24.8 Å². The second-order valence-corrected chi connectivity index (χ2v) is 6.99. The number of halogens is 1. The van der Waals surface area contributed by atoms with Crippen molar-refractivity contribution in [3.8, 4) is 0 Å². The molecule has 1 aliphatic rings. The van der Waals surface area contributed by atoms with Crippen LogP contribution in [0.15, 0.2) is 17.0 Å². The van der Waals surface area contributed by atoms with Crippen LogP contribution in [0.2, 0.25) is 5.02 Å². The van der Waals surface area contributed by atoms with E-state index in [1.54, 1.807) is 13.8 Å². The van der Waals surface area contributed by atoms with Gasteiger partial charge in [-0.25, -0.2) is 8.42 Å². The molecule has 3 N–H and O–H groups in total. The highest BCUT2D eigenvalue weighted by Crippen LogP contribution is 2.29. The molecular weight excluding hydrogens is 302 g/mol. The highest BCUT2D eigenvalue weighted by molar-refractivity contribution is 7.89. The third-order valence-electron chi connectivity index (χ3n) is 3.32. The molecule has 0 aromatic heterocycles. The van der Waals surface area contributed by atoms with Gasteiger partial charge in [0.05, 0.1) is 15.6 Å². The molecule has 0 spiro atoms. The van der Waals surface area contributed by atoms with E-state index in [-0.39, 0.29) is 23.0 Å². The molecule has 0 aliphatic carbocycles. The van der Waals surface area contributed by atoms with Crippen LogP contribution in [-0.2, 0) is 14.8 Å². The van der Waals surface area contributed by atoms with Crippen LogP contribution in [-0.4, -0.2) is 37.8 Å². The van der Waals surface area contributed by atoms with Gasteiger partial charge in [-0.15, -0.1) is 0 Å². The first kappa shape index (κ1) is 15.1. The van der Waals surface area contributed by atoms with Crippen LogP contribution in [0.1, 0.15) is 12.5 Å². The summed E-state index contributed by atoms with van der Waals surface area (Å²) in [5, 5.41) is 2.94. The number of nitrogens with two attached hydrogens (primary N) is 1. The quantitative estimate of drug-likeness (QED) is 0.787. The van der Waals surface area contributed by atoms with Crippen molar-refractivity contribution in [1.29, 1.82) is 0 Å². The number of benzene rings is 1. The predicted octanol–water partition coefficient (Wildman–Crippen LogP) is 0.740. The first-order chi connectivity index (χ1) is 9.25.